The molecule has 0 fully saturated rings. The summed E-state index contributed by atoms with van der Waals surface area (Å²) >= 11 is 0. The average Bonchev–Trinajstić information content (AvgIpc) is 2.37. The van der Waals surface area contributed by atoms with Crippen LogP contribution in [0.4, 0.5) is 0 Å². The summed E-state index contributed by atoms with van der Waals surface area (Å²) in [6.07, 6.45) is 9.30. The third-order valence-corrected chi connectivity index (χ3v) is 2.76. The molecule has 4 nitrogen and oxygen atoms in total. The molecule has 19 heavy (non-hydrogen) atoms. The summed E-state index contributed by atoms with van der Waals surface area (Å²) in [5.41, 5.74) is 0. The molecular formula is C15H31N3O. The number of nitrogens with zero attached hydrogens (tertiary/aromatic N) is 1. The number of carbonyl (C=O) groups is 1. The van der Waals surface area contributed by atoms with Crippen LogP contribution in [0.1, 0.15) is 39.0 Å². The van der Waals surface area contributed by atoms with E-state index in [-0.39, 0.29) is 5.91 Å². The predicted molar refractivity (Wildman–Crippen MR) is 82.3 cm³/mol. The number of nitrogens with one attached hydrogen (secondary N) is 2. The smallest absolute Gasteiger partial charge is 0.220 e. The van der Waals surface area contributed by atoms with Gasteiger partial charge in [0.05, 0.1) is 0 Å². The van der Waals surface area contributed by atoms with Crippen LogP contribution in [0.25, 0.3) is 0 Å². The highest BCUT2D eigenvalue weighted by Gasteiger charge is 1.98. The molecule has 0 aliphatic carbocycles. The fraction of sp³-hybridized carbons (Fsp3) is 0.800. The first-order valence-corrected chi connectivity index (χ1v) is 7.44. The van der Waals surface area contributed by atoms with Crippen molar-refractivity contribution in [1.82, 2.24) is 15.5 Å². The molecule has 0 aromatic heterocycles. The molecule has 0 atom stereocenters. The van der Waals surface area contributed by atoms with Gasteiger partial charge in [-0.05, 0) is 33.4 Å². The lowest BCUT2D eigenvalue weighted by Gasteiger charge is -2.10. The van der Waals surface area contributed by atoms with Crippen molar-refractivity contribution in [1.29, 1.82) is 0 Å². The lowest BCUT2D eigenvalue weighted by atomic mass is 10.2. The Balaban J connectivity index is 3.26. The van der Waals surface area contributed by atoms with Gasteiger partial charge in [0, 0.05) is 32.6 Å². The maximum Gasteiger partial charge on any atom is 0.220 e. The minimum Gasteiger partial charge on any atom is -0.355 e. The number of unbranched alkanes of at least 4 members (excludes halogenated alkanes) is 2. The Labute approximate surface area is 118 Å². The zero-order chi connectivity index (χ0) is 14.3. The van der Waals surface area contributed by atoms with Crippen LogP contribution in [-0.2, 0) is 4.79 Å². The van der Waals surface area contributed by atoms with E-state index in [1.54, 1.807) is 0 Å². The van der Waals surface area contributed by atoms with Gasteiger partial charge in [0.25, 0.3) is 0 Å². The van der Waals surface area contributed by atoms with Crippen LogP contribution in [0.5, 0.6) is 0 Å². The van der Waals surface area contributed by atoms with E-state index in [0.29, 0.717) is 6.42 Å². The van der Waals surface area contributed by atoms with Crippen LogP contribution in [0.2, 0.25) is 0 Å². The van der Waals surface area contributed by atoms with E-state index in [2.05, 4.69) is 48.7 Å². The van der Waals surface area contributed by atoms with Gasteiger partial charge in [-0.25, -0.2) is 0 Å². The molecule has 0 saturated carbocycles. The average molecular weight is 269 g/mol. The van der Waals surface area contributed by atoms with Gasteiger partial charge in [0.15, 0.2) is 0 Å². The van der Waals surface area contributed by atoms with Crippen LogP contribution in [0.3, 0.4) is 0 Å². The topological polar surface area (TPSA) is 44.4 Å². The van der Waals surface area contributed by atoms with Crippen molar-refractivity contribution in [3.63, 3.8) is 0 Å². The number of carbonyl (C=O) groups excluding carboxylic acids is 1. The fourth-order valence-electron chi connectivity index (χ4n) is 1.59. The Bertz CT molecular complexity index is 240. The molecule has 0 aromatic rings. The lowest BCUT2D eigenvalue weighted by molar-refractivity contribution is -0.121. The maximum absolute atomic E-state index is 11.5. The van der Waals surface area contributed by atoms with Crippen molar-refractivity contribution in [3.05, 3.63) is 12.2 Å². The normalized spacial score (nSPS) is 11.4. The Morgan fingerprint density at radius 1 is 1.11 bits per heavy atom. The van der Waals surface area contributed by atoms with Gasteiger partial charge in [0.2, 0.25) is 5.91 Å². The summed E-state index contributed by atoms with van der Waals surface area (Å²) in [7, 11) is 4.11. The van der Waals surface area contributed by atoms with Crippen molar-refractivity contribution < 1.29 is 4.79 Å². The number of hydrogen-bond acceptors (Lipinski definition) is 3. The molecule has 2 N–H and O–H groups in total. The molecule has 0 radical (unpaired) electrons. The third kappa shape index (κ3) is 15.1. The second-order valence-corrected chi connectivity index (χ2v) is 5.06. The van der Waals surface area contributed by atoms with Gasteiger partial charge in [-0.15, -0.1) is 0 Å². The number of likely N-dealkylation sites (N-methyl/N-ethyl adjacent to an activating group) is 1. The van der Waals surface area contributed by atoms with E-state index in [4.69, 9.17) is 0 Å². The number of hydrogen-bond donors (Lipinski definition) is 2. The summed E-state index contributed by atoms with van der Waals surface area (Å²) in [6, 6.07) is 0. The number of rotatable bonds is 12. The Hall–Kier alpha value is -0.870. The lowest BCUT2D eigenvalue weighted by Crippen LogP contribution is -2.34. The Morgan fingerprint density at radius 3 is 2.53 bits per heavy atom. The summed E-state index contributed by atoms with van der Waals surface area (Å²) in [5.74, 6) is 0.165. The molecule has 0 aromatic carbocycles. The van der Waals surface area contributed by atoms with E-state index in [0.717, 1.165) is 45.4 Å². The summed E-state index contributed by atoms with van der Waals surface area (Å²) in [6.45, 7) is 5.72. The van der Waals surface area contributed by atoms with Crippen LogP contribution >= 0.6 is 0 Å². The zero-order valence-electron chi connectivity index (χ0n) is 12.9. The summed E-state index contributed by atoms with van der Waals surface area (Å²) in [4.78, 5) is 13.6. The minimum absolute atomic E-state index is 0.165. The molecule has 0 rings (SSSR count). The fourth-order valence-corrected chi connectivity index (χ4v) is 1.59. The van der Waals surface area contributed by atoms with E-state index in [1.165, 1.54) is 6.42 Å². The molecule has 0 aliphatic rings. The maximum atomic E-state index is 11.5. The first-order valence-electron chi connectivity index (χ1n) is 7.44. The van der Waals surface area contributed by atoms with Crippen molar-refractivity contribution in [2.75, 3.05) is 40.3 Å². The Morgan fingerprint density at radius 2 is 1.84 bits per heavy atom. The summed E-state index contributed by atoms with van der Waals surface area (Å²) in [5, 5.41) is 6.23. The molecule has 1 amide bonds. The monoisotopic (exact) mass is 269 g/mol. The van der Waals surface area contributed by atoms with Crippen molar-refractivity contribution >= 4 is 5.91 Å². The quantitative estimate of drug-likeness (QED) is 0.419. The van der Waals surface area contributed by atoms with Gasteiger partial charge in [-0.2, -0.15) is 0 Å². The van der Waals surface area contributed by atoms with Gasteiger partial charge >= 0.3 is 0 Å². The van der Waals surface area contributed by atoms with Gasteiger partial charge in [0.1, 0.15) is 0 Å². The molecule has 0 bridgehead atoms. The highest BCUT2D eigenvalue weighted by molar-refractivity contribution is 5.75. The largest absolute Gasteiger partial charge is 0.355 e. The van der Waals surface area contributed by atoms with E-state index >= 15 is 0 Å². The molecule has 0 spiro atoms. The highest BCUT2D eigenvalue weighted by atomic mass is 16.1. The van der Waals surface area contributed by atoms with Crippen LogP contribution in [0, 0.1) is 0 Å². The Kier molecular flexibility index (Phi) is 12.9. The van der Waals surface area contributed by atoms with Crippen LogP contribution < -0.4 is 10.6 Å². The first-order chi connectivity index (χ1) is 9.16. The summed E-state index contributed by atoms with van der Waals surface area (Å²) < 4.78 is 0. The van der Waals surface area contributed by atoms with E-state index in [9.17, 15) is 4.79 Å². The first kappa shape index (κ1) is 18.1. The second-order valence-electron chi connectivity index (χ2n) is 5.06. The second kappa shape index (κ2) is 13.6. The van der Waals surface area contributed by atoms with Crippen LogP contribution in [-0.4, -0.2) is 51.1 Å². The van der Waals surface area contributed by atoms with Gasteiger partial charge in [-0.3, -0.25) is 4.79 Å². The zero-order valence-corrected chi connectivity index (χ0v) is 12.9. The standard InChI is InChI=1S/C15H31N3O/c1-4-5-6-7-8-9-10-15(19)17-12-11-16-13-14-18(2)3/h6-7,16H,4-5,8-14H2,1-3H3,(H,17,19)/b7-6+. The minimum atomic E-state index is 0.165. The SMILES string of the molecule is CCC/C=C/CCCC(=O)NCCNCCN(C)C. The molecule has 4 heteroatoms. The number of allylic oxidation sites excluding steroid dienone is 2. The molecular weight excluding hydrogens is 238 g/mol. The van der Waals surface area contributed by atoms with Gasteiger partial charge < -0.3 is 15.5 Å². The number of amides is 1. The molecule has 0 aliphatic heterocycles. The highest BCUT2D eigenvalue weighted by Crippen LogP contribution is 1.98. The van der Waals surface area contributed by atoms with Crippen molar-refractivity contribution in [2.45, 2.75) is 39.0 Å². The molecule has 0 unspecified atom stereocenters. The van der Waals surface area contributed by atoms with Crippen molar-refractivity contribution in [2.24, 2.45) is 0 Å². The van der Waals surface area contributed by atoms with E-state index < -0.39 is 0 Å². The van der Waals surface area contributed by atoms with Gasteiger partial charge in [-0.1, -0.05) is 25.5 Å². The van der Waals surface area contributed by atoms with Crippen molar-refractivity contribution in [3.8, 4) is 0 Å². The molecule has 0 heterocycles. The predicted octanol–water partition coefficient (Wildman–Crippen LogP) is 1.78. The third-order valence-electron chi connectivity index (χ3n) is 2.76. The molecule has 0 saturated heterocycles. The molecule has 112 valence electrons. The van der Waals surface area contributed by atoms with E-state index in [1.807, 2.05) is 0 Å². The van der Waals surface area contributed by atoms with Crippen LogP contribution in [0.15, 0.2) is 12.2 Å².